The van der Waals surface area contributed by atoms with Gasteiger partial charge in [0.1, 0.15) is 5.75 Å². The van der Waals surface area contributed by atoms with Gasteiger partial charge in [-0.2, -0.15) is 0 Å². The Hall–Kier alpha value is -0.290. The van der Waals surface area contributed by atoms with E-state index in [2.05, 4.69) is 50.2 Å². The molecule has 1 saturated heterocycles. The molecule has 21 heavy (non-hydrogen) atoms. The fourth-order valence-corrected chi connectivity index (χ4v) is 4.78. The van der Waals surface area contributed by atoms with E-state index in [9.17, 15) is 9.90 Å². The first kappa shape index (κ1) is 17.1. The largest absolute Gasteiger partial charge is 0.506 e. The van der Waals surface area contributed by atoms with Crippen LogP contribution >= 0.6 is 56.9 Å². The highest BCUT2D eigenvalue weighted by Crippen LogP contribution is 2.34. The normalized spacial score (nSPS) is 19.0. The number of likely N-dealkylation sites (N-methyl/N-ethyl adjacent to an activating group) is 1. The Morgan fingerprint density at radius 3 is 2.48 bits per heavy atom. The molecule has 1 fully saturated rings. The zero-order valence-electron chi connectivity index (χ0n) is 11.6. The van der Waals surface area contributed by atoms with Crippen LogP contribution in [0.2, 0.25) is 0 Å². The third kappa shape index (κ3) is 3.73. The van der Waals surface area contributed by atoms with Gasteiger partial charge in [0.05, 0.1) is 12.0 Å². The summed E-state index contributed by atoms with van der Waals surface area (Å²) >= 11 is 5.58. The van der Waals surface area contributed by atoms with Crippen LogP contribution in [0, 0.1) is 7.14 Å². The number of aliphatic imine (C=N–C) groups is 1. The third-order valence-corrected chi connectivity index (χ3v) is 5.52. The molecule has 0 bridgehead atoms. The summed E-state index contributed by atoms with van der Waals surface area (Å²) in [6.45, 7) is 5.18. The van der Waals surface area contributed by atoms with Crippen molar-refractivity contribution in [3.63, 3.8) is 0 Å². The Labute approximate surface area is 155 Å². The average molecular weight is 528 g/mol. The molecule has 7 heteroatoms. The van der Waals surface area contributed by atoms with Crippen molar-refractivity contribution in [2.24, 2.45) is 4.99 Å². The monoisotopic (exact) mass is 528 g/mol. The van der Waals surface area contributed by atoms with Gasteiger partial charge < -0.3 is 5.11 Å². The Balaban J connectivity index is 2.38. The van der Waals surface area contributed by atoms with E-state index >= 15 is 0 Å². The van der Waals surface area contributed by atoms with E-state index in [1.54, 1.807) is 4.90 Å². The molecule has 1 aliphatic heterocycles. The number of halogens is 2. The number of phenolic OH excluding ortho intramolecular Hbond substituents is 1. The lowest BCUT2D eigenvalue weighted by Crippen LogP contribution is -2.28. The zero-order chi connectivity index (χ0) is 15.6. The summed E-state index contributed by atoms with van der Waals surface area (Å²) in [7, 11) is 0. The minimum absolute atomic E-state index is 0.00667. The van der Waals surface area contributed by atoms with E-state index in [0.717, 1.165) is 17.9 Å². The van der Waals surface area contributed by atoms with Gasteiger partial charge in [-0.3, -0.25) is 14.7 Å². The summed E-state index contributed by atoms with van der Waals surface area (Å²) in [5, 5.41) is 10.6. The number of aromatic hydroxyl groups is 1. The van der Waals surface area contributed by atoms with Crippen LogP contribution in [-0.2, 0) is 4.79 Å². The predicted octanol–water partition coefficient (Wildman–Crippen LogP) is 3.91. The lowest BCUT2D eigenvalue weighted by molar-refractivity contribution is -0.122. The molecule has 1 heterocycles. The highest BCUT2D eigenvalue weighted by molar-refractivity contribution is 14.1. The summed E-state index contributed by atoms with van der Waals surface area (Å²) in [6.07, 6.45) is 1.86. The Kier molecular flexibility index (Phi) is 5.95. The second-order valence-electron chi connectivity index (χ2n) is 4.25. The number of carbonyl (C=O) groups excluding carboxylic acids is 1. The molecule has 1 amide bonds. The molecule has 2 rings (SSSR count). The van der Waals surface area contributed by atoms with Crippen molar-refractivity contribution in [3.8, 4) is 5.75 Å². The molecule has 1 N–H and O–H groups in total. The SMILES string of the molecule is CCN=C1S/C(=C/c2cc(I)c(O)c(I)c2)C(=O)N1CC. The van der Waals surface area contributed by atoms with Crippen LogP contribution in [-0.4, -0.2) is 34.2 Å². The maximum absolute atomic E-state index is 12.4. The molecule has 0 unspecified atom stereocenters. The number of phenols is 1. The quantitative estimate of drug-likeness (QED) is 0.479. The van der Waals surface area contributed by atoms with Gasteiger partial charge in [0.2, 0.25) is 0 Å². The fraction of sp³-hybridized carbons (Fsp3) is 0.286. The first-order valence-electron chi connectivity index (χ1n) is 6.41. The number of rotatable bonds is 3. The Morgan fingerprint density at radius 2 is 1.95 bits per heavy atom. The third-order valence-electron chi connectivity index (χ3n) is 2.83. The maximum Gasteiger partial charge on any atom is 0.266 e. The molecule has 0 radical (unpaired) electrons. The molecule has 0 aromatic heterocycles. The predicted molar refractivity (Wildman–Crippen MR) is 104 cm³/mol. The van der Waals surface area contributed by atoms with E-state index in [-0.39, 0.29) is 11.7 Å². The van der Waals surface area contributed by atoms with Crippen LogP contribution in [0.3, 0.4) is 0 Å². The van der Waals surface area contributed by atoms with Crippen LogP contribution in [0.4, 0.5) is 0 Å². The van der Waals surface area contributed by atoms with Gasteiger partial charge in [-0.25, -0.2) is 0 Å². The summed E-state index contributed by atoms with van der Waals surface area (Å²) < 4.78 is 1.55. The number of hydrogen-bond acceptors (Lipinski definition) is 4. The molecular formula is C14H14I2N2O2S. The van der Waals surface area contributed by atoms with E-state index in [1.165, 1.54) is 11.8 Å². The minimum Gasteiger partial charge on any atom is -0.506 e. The molecule has 0 atom stereocenters. The molecule has 0 aliphatic carbocycles. The van der Waals surface area contributed by atoms with Gasteiger partial charge in [-0.05, 0) is 94.6 Å². The topological polar surface area (TPSA) is 52.9 Å². The molecule has 0 saturated carbocycles. The van der Waals surface area contributed by atoms with Crippen LogP contribution in [0.25, 0.3) is 6.08 Å². The van der Waals surface area contributed by atoms with E-state index in [1.807, 2.05) is 32.1 Å². The summed E-state index contributed by atoms with van der Waals surface area (Å²) in [5.74, 6) is 0.278. The second-order valence-corrected chi connectivity index (χ2v) is 7.58. The highest BCUT2D eigenvalue weighted by atomic mass is 127. The zero-order valence-corrected chi connectivity index (χ0v) is 16.7. The van der Waals surface area contributed by atoms with Gasteiger partial charge in [0, 0.05) is 13.1 Å². The molecule has 1 aromatic carbocycles. The average Bonchev–Trinajstić information content (AvgIpc) is 2.72. The van der Waals surface area contributed by atoms with E-state index < -0.39 is 0 Å². The number of amides is 1. The van der Waals surface area contributed by atoms with Gasteiger partial charge in [-0.1, -0.05) is 0 Å². The number of thioether (sulfide) groups is 1. The van der Waals surface area contributed by atoms with E-state index in [0.29, 0.717) is 18.0 Å². The van der Waals surface area contributed by atoms with Crippen LogP contribution in [0.15, 0.2) is 22.0 Å². The number of benzene rings is 1. The molecule has 1 aliphatic rings. The van der Waals surface area contributed by atoms with Crippen LogP contribution < -0.4 is 0 Å². The summed E-state index contributed by atoms with van der Waals surface area (Å²) in [6, 6.07) is 3.73. The molecule has 4 nitrogen and oxygen atoms in total. The van der Waals surface area contributed by atoms with Crippen molar-refractivity contribution < 1.29 is 9.90 Å². The summed E-state index contributed by atoms with van der Waals surface area (Å²) in [5.41, 5.74) is 0.909. The lowest BCUT2D eigenvalue weighted by Gasteiger charge is -2.11. The number of nitrogens with zero attached hydrogens (tertiary/aromatic N) is 2. The number of carbonyl (C=O) groups is 1. The van der Waals surface area contributed by atoms with Crippen molar-refractivity contribution in [1.29, 1.82) is 0 Å². The van der Waals surface area contributed by atoms with Gasteiger partial charge in [0.15, 0.2) is 5.17 Å². The minimum atomic E-state index is -0.00667. The Morgan fingerprint density at radius 1 is 1.33 bits per heavy atom. The number of amidine groups is 1. The molecule has 112 valence electrons. The maximum atomic E-state index is 12.4. The first-order chi connectivity index (χ1) is 9.97. The fourth-order valence-electron chi connectivity index (χ4n) is 1.86. The second kappa shape index (κ2) is 7.32. The lowest BCUT2D eigenvalue weighted by atomic mass is 10.2. The smallest absolute Gasteiger partial charge is 0.266 e. The van der Waals surface area contributed by atoms with Crippen LogP contribution in [0.1, 0.15) is 19.4 Å². The van der Waals surface area contributed by atoms with E-state index in [4.69, 9.17) is 0 Å². The van der Waals surface area contributed by atoms with Crippen molar-refractivity contribution in [2.45, 2.75) is 13.8 Å². The molecular weight excluding hydrogens is 514 g/mol. The van der Waals surface area contributed by atoms with Crippen LogP contribution in [0.5, 0.6) is 5.75 Å². The number of hydrogen-bond donors (Lipinski definition) is 1. The standard InChI is InChI=1S/C14H14I2N2O2S/c1-3-17-14-18(4-2)13(20)11(21-14)7-8-5-9(15)12(19)10(16)6-8/h5-7,19H,3-4H2,1-2H3/b11-7+,17-14?. The highest BCUT2D eigenvalue weighted by Gasteiger charge is 2.31. The van der Waals surface area contributed by atoms with Crippen molar-refractivity contribution >= 4 is 74.1 Å². The van der Waals surface area contributed by atoms with Crippen molar-refractivity contribution in [2.75, 3.05) is 13.1 Å². The van der Waals surface area contributed by atoms with Crippen molar-refractivity contribution in [3.05, 3.63) is 29.7 Å². The van der Waals surface area contributed by atoms with Crippen molar-refractivity contribution in [1.82, 2.24) is 4.90 Å². The van der Waals surface area contributed by atoms with Gasteiger partial charge in [-0.15, -0.1) is 0 Å². The van der Waals surface area contributed by atoms with Gasteiger partial charge >= 0.3 is 0 Å². The Bertz CT molecular complexity index is 621. The molecule has 0 spiro atoms. The van der Waals surface area contributed by atoms with Gasteiger partial charge in [0.25, 0.3) is 5.91 Å². The first-order valence-corrected chi connectivity index (χ1v) is 9.39. The molecule has 1 aromatic rings. The summed E-state index contributed by atoms with van der Waals surface area (Å²) in [4.78, 5) is 19.1.